The first kappa shape index (κ1) is 16.9. The van der Waals surface area contributed by atoms with Crippen LogP contribution in [-0.2, 0) is 4.43 Å². The van der Waals surface area contributed by atoms with Crippen LogP contribution >= 0.6 is 15.9 Å². The largest absolute Gasteiger partial charge is 0.408 e. The second kappa shape index (κ2) is 6.06. The predicted molar refractivity (Wildman–Crippen MR) is 88.0 cm³/mol. The van der Waals surface area contributed by atoms with E-state index in [0.717, 1.165) is 16.6 Å². The average molecular weight is 344 g/mol. The fraction of sp³-hybridized carbons (Fsp3) is 0.667. The summed E-state index contributed by atoms with van der Waals surface area (Å²) in [6.45, 7) is 15.7. The molecule has 0 amide bonds. The van der Waals surface area contributed by atoms with E-state index >= 15 is 0 Å². The Bertz CT molecular complexity index is 440. The minimum atomic E-state index is -1.75. The van der Waals surface area contributed by atoms with E-state index in [1.807, 2.05) is 6.20 Å². The highest BCUT2D eigenvalue weighted by Crippen LogP contribution is 2.40. The van der Waals surface area contributed by atoms with Crippen molar-refractivity contribution in [3.63, 3.8) is 0 Å². The van der Waals surface area contributed by atoms with Crippen molar-refractivity contribution < 1.29 is 4.43 Å². The van der Waals surface area contributed by atoms with Crippen LogP contribution in [0.1, 0.15) is 51.5 Å². The molecule has 1 atom stereocenters. The van der Waals surface area contributed by atoms with Crippen molar-refractivity contribution >= 4 is 24.2 Å². The SMILES string of the molecule is CCC(O[Si](C)(C)C(C)(C)C)c1cc(C)c(Br)cn1. The van der Waals surface area contributed by atoms with Crippen LogP contribution in [-0.4, -0.2) is 13.3 Å². The minimum Gasteiger partial charge on any atom is -0.408 e. The molecule has 0 bridgehead atoms. The van der Waals surface area contributed by atoms with E-state index in [0.29, 0.717) is 0 Å². The van der Waals surface area contributed by atoms with Gasteiger partial charge in [0.1, 0.15) is 0 Å². The standard InChI is InChI=1S/C15H26BrNOSi/c1-8-14(18-19(6,7)15(3,4)5)13-9-11(2)12(16)10-17-13/h9-10,14H,8H2,1-7H3. The molecule has 1 aromatic rings. The summed E-state index contributed by atoms with van der Waals surface area (Å²) in [5.41, 5.74) is 2.26. The van der Waals surface area contributed by atoms with Crippen molar-refractivity contribution in [3.05, 3.63) is 28.0 Å². The highest BCUT2D eigenvalue weighted by atomic mass is 79.9. The van der Waals surface area contributed by atoms with Gasteiger partial charge in [-0.25, -0.2) is 0 Å². The lowest BCUT2D eigenvalue weighted by atomic mass is 10.1. The maximum absolute atomic E-state index is 6.49. The van der Waals surface area contributed by atoms with Crippen molar-refractivity contribution in [2.75, 3.05) is 0 Å². The van der Waals surface area contributed by atoms with Crippen molar-refractivity contribution in [1.82, 2.24) is 4.98 Å². The predicted octanol–water partition coefficient (Wildman–Crippen LogP) is 5.63. The molecule has 19 heavy (non-hydrogen) atoms. The van der Waals surface area contributed by atoms with Gasteiger partial charge in [-0.1, -0.05) is 27.7 Å². The molecule has 0 radical (unpaired) electrons. The Hall–Kier alpha value is -0.193. The van der Waals surface area contributed by atoms with Gasteiger partial charge in [0.2, 0.25) is 0 Å². The van der Waals surface area contributed by atoms with Gasteiger partial charge in [-0.3, -0.25) is 4.98 Å². The van der Waals surface area contributed by atoms with E-state index < -0.39 is 8.32 Å². The first-order chi connectivity index (χ1) is 8.58. The molecule has 1 unspecified atom stereocenters. The summed E-state index contributed by atoms with van der Waals surface area (Å²) < 4.78 is 7.55. The molecule has 4 heteroatoms. The van der Waals surface area contributed by atoms with Crippen molar-refractivity contribution in [2.24, 2.45) is 0 Å². The number of rotatable bonds is 4. The van der Waals surface area contributed by atoms with Crippen LogP contribution in [0.2, 0.25) is 18.1 Å². The van der Waals surface area contributed by atoms with Gasteiger partial charge < -0.3 is 4.43 Å². The molecule has 1 heterocycles. The lowest BCUT2D eigenvalue weighted by Gasteiger charge is -2.39. The Labute approximate surface area is 127 Å². The Morgan fingerprint density at radius 2 is 1.95 bits per heavy atom. The monoisotopic (exact) mass is 343 g/mol. The molecule has 0 spiro atoms. The highest BCUT2D eigenvalue weighted by molar-refractivity contribution is 9.10. The van der Waals surface area contributed by atoms with Crippen LogP contribution in [0.4, 0.5) is 0 Å². The van der Waals surface area contributed by atoms with Crippen molar-refractivity contribution in [1.29, 1.82) is 0 Å². The van der Waals surface area contributed by atoms with Gasteiger partial charge in [-0.15, -0.1) is 0 Å². The molecule has 0 N–H and O–H groups in total. The molecule has 0 aliphatic carbocycles. The van der Waals surface area contributed by atoms with Gasteiger partial charge in [0, 0.05) is 10.7 Å². The lowest BCUT2D eigenvalue weighted by Crippen LogP contribution is -2.41. The molecular weight excluding hydrogens is 318 g/mol. The molecule has 108 valence electrons. The molecule has 2 nitrogen and oxygen atoms in total. The maximum Gasteiger partial charge on any atom is 0.192 e. The third-order valence-electron chi connectivity index (χ3n) is 4.01. The molecule has 0 aliphatic heterocycles. The van der Waals surface area contributed by atoms with Crippen molar-refractivity contribution in [2.45, 2.75) is 65.3 Å². The fourth-order valence-electron chi connectivity index (χ4n) is 1.62. The lowest BCUT2D eigenvalue weighted by molar-refractivity contribution is 0.175. The van der Waals surface area contributed by atoms with Crippen LogP contribution in [0.25, 0.3) is 0 Å². The van der Waals surface area contributed by atoms with Gasteiger partial charge in [0.25, 0.3) is 0 Å². The van der Waals surface area contributed by atoms with Crippen LogP contribution in [0.5, 0.6) is 0 Å². The van der Waals surface area contributed by atoms with Gasteiger partial charge in [0.05, 0.1) is 11.8 Å². The van der Waals surface area contributed by atoms with E-state index in [9.17, 15) is 0 Å². The summed E-state index contributed by atoms with van der Waals surface area (Å²) in [5.74, 6) is 0. The first-order valence-electron chi connectivity index (χ1n) is 6.88. The number of hydrogen-bond acceptors (Lipinski definition) is 2. The van der Waals surface area contributed by atoms with E-state index in [1.165, 1.54) is 5.56 Å². The van der Waals surface area contributed by atoms with Crippen LogP contribution in [0.15, 0.2) is 16.7 Å². The summed E-state index contributed by atoms with van der Waals surface area (Å²) in [6, 6.07) is 2.13. The summed E-state index contributed by atoms with van der Waals surface area (Å²) in [6.07, 6.45) is 2.94. The quantitative estimate of drug-likeness (QED) is 0.661. The number of aryl methyl sites for hydroxylation is 1. The molecule has 1 aromatic heterocycles. The molecule has 1 rings (SSSR count). The van der Waals surface area contributed by atoms with E-state index in [-0.39, 0.29) is 11.1 Å². The van der Waals surface area contributed by atoms with Crippen LogP contribution in [0, 0.1) is 6.92 Å². The van der Waals surface area contributed by atoms with Crippen molar-refractivity contribution in [3.8, 4) is 0 Å². The number of nitrogens with zero attached hydrogens (tertiary/aromatic N) is 1. The van der Waals surface area contributed by atoms with Crippen LogP contribution < -0.4 is 0 Å². The molecule has 0 aliphatic rings. The first-order valence-corrected chi connectivity index (χ1v) is 10.6. The molecule has 0 saturated heterocycles. The Morgan fingerprint density at radius 3 is 2.37 bits per heavy atom. The Balaban J connectivity index is 2.99. The van der Waals surface area contributed by atoms with Gasteiger partial charge >= 0.3 is 0 Å². The molecule has 0 fully saturated rings. The fourth-order valence-corrected chi connectivity index (χ4v) is 3.19. The Kier molecular flexibility index (Phi) is 5.38. The Morgan fingerprint density at radius 1 is 1.37 bits per heavy atom. The van der Waals surface area contributed by atoms with E-state index in [1.54, 1.807) is 0 Å². The number of hydrogen-bond donors (Lipinski definition) is 0. The summed E-state index contributed by atoms with van der Waals surface area (Å²) in [7, 11) is -1.75. The van der Waals surface area contributed by atoms with E-state index in [4.69, 9.17) is 4.43 Å². The van der Waals surface area contributed by atoms with E-state index in [2.05, 4.69) is 74.7 Å². The zero-order chi connectivity index (χ0) is 14.8. The zero-order valence-corrected chi connectivity index (χ0v) is 15.8. The third-order valence-corrected chi connectivity index (χ3v) is 9.33. The smallest absolute Gasteiger partial charge is 0.192 e. The number of halogens is 1. The summed E-state index contributed by atoms with van der Waals surface area (Å²) in [4.78, 5) is 4.53. The number of aromatic nitrogens is 1. The van der Waals surface area contributed by atoms with Crippen LogP contribution in [0.3, 0.4) is 0 Å². The zero-order valence-electron chi connectivity index (χ0n) is 13.2. The second-order valence-corrected chi connectivity index (χ2v) is 12.2. The van der Waals surface area contributed by atoms with Gasteiger partial charge in [-0.2, -0.15) is 0 Å². The normalized spacial score (nSPS) is 14.5. The van der Waals surface area contributed by atoms with Gasteiger partial charge in [-0.05, 0) is 59.0 Å². The topological polar surface area (TPSA) is 22.1 Å². The molecule has 0 saturated carbocycles. The second-order valence-electron chi connectivity index (χ2n) is 6.63. The average Bonchev–Trinajstić information content (AvgIpc) is 2.28. The van der Waals surface area contributed by atoms with Gasteiger partial charge in [0.15, 0.2) is 8.32 Å². The molecule has 0 aromatic carbocycles. The highest BCUT2D eigenvalue weighted by Gasteiger charge is 2.39. The summed E-state index contributed by atoms with van der Waals surface area (Å²) >= 11 is 3.50. The third kappa shape index (κ3) is 4.13. The summed E-state index contributed by atoms with van der Waals surface area (Å²) in [5, 5.41) is 0.227. The number of pyridine rings is 1. The minimum absolute atomic E-state index is 0.104. The maximum atomic E-state index is 6.49. The molecular formula is C15H26BrNOSi.